The molecule has 0 aromatic carbocycles. The van der Waals surface area contributed by atoms with Gasteiger partial charge in [-0.05, 0) is 33.8 Å². The van der Waals surface area contributed by atoms with E-state index < -0.39 is 17.5 Å². The van der Waals surface area contributed by atoms with Crippen molar-refractivity contribution in [3.63, 3.8) is 0 Å². The monoisotopic (exact) mass is 241 g/mol. The Labute approximate surface area is 100.0 Å². The standard InChI is InChI=1S/C11H19N3OS/c1-8-9(6-5-7-13-8)10(12)14-16(15)11(2,3)4/h5-7,10,14H,12H2,1-4H3/t10-,16?/m0/s1. The van der Waals surface area contributed by atoms with Gasteiger partial charge >= 0.3 is 0 Å². The molecule has 2 atom stereocenters. The first-order chi connectivity index (χ1) is 7.32. The Kier molecular flexibility index (Phi) is 4.32. The number of pyridine rings is 1. The minimum Gasteiger partial charge on any atom is -0.598 e. The van der Waals surface area contributed by atoms with Gasteiger partial charge in [-0.25, -0.2) is 0 Å². The van der Waals surface area contributed by atoms with E-state index in [4.69, 9.17) is 5.73 Å². The van der Waals surface area contributed by atoms with Crippen molar-refractivity contribution >= 4 is 11.4 Å². The first kappa shape index (κ1) is 13.4. The lowest BCUT2D eigenvalue weighted by molar-refractivity contribution is 0.526. The second-order valence-corrected chi connectivity index (χ2v) is 6.65. The summed E-state index contributed by atoms with van der Waals surface area (Å²) in [7, 11) is 0. The Balaban J connectivity index is 2.73. The third-order valence-corrected chi connectivity index (χ3v) is 3.75. The number of nitrogens with two attached hydrogens (primary N) is 1. The molecule has 1 aromatic rings. The predicted molar refractivity (Wildman–Crippen MR) is 66.9 cm³/mol. The van der Waals surface area contributed by atoms with E-state index in [0.717, 1.165) is 11.3 Å². The van der Waals surface area contributed by atoms with Crippen molar-refractivity contribution in [3.8, 4) is 0 Å². The van der Waals surface area contributed by atoms with Gasteiger partial charge in [0, 0.05) is 28.8 Å². The molecule has 0 bridgehead atoms. The molecule has 90 valence electrons. The van der Waals surface area contributed by atoms with Crippen LogP contribution in [0.3, 0.4) is 0 Å². The molecule has 5 heteroatoms. The maximum Gasteiger partial charge on any atom is 0.137 e. The molecule has 1 heterocycles. The van der Waals surface area contributed by atoms with Crippen molar-refractivity contribution < 1.29 is 4.55 Å². The largest absolute Gasteiger partial charge is 0.598 e. The highest BCUT2D eigenvalue weighted by Crippen LogP contribution is 2.18. The van der Waals surface area contributed by atoms with E-state index in [-0.39, 0.29) is 4.75 Å². The average molecular weight is 241 g/mol. The summed E-state index contributed by atoms with van der Waals surface area (Å²) in [4.78, 5) is 4.15. The maximum absolute atomic E-state index is 11.9. The molecule has 0 spiro atoms. The van der Waals surface area contributed by atoms with Crippen LogP contribution in [0.25, 0.3) is 0 Å². The van der Waals surface area contributed by atoms with Gasteiger partial charge in [0.2, 0.25) is 0 Å². The van der Waals surface area contributed by atoms with Crippen LogP contribution in [0.4, 0.5) is 0 Å². The summed E-state index contributed by atoms with van der Waals surface area (Å²) < 4.78 is 14.4. The zero-order valence-corrected chi connectivity index (χ0v) is 11.0. The van der Waals surface area contributed by atoms with Gasteiger partial charge in [0.25, 0.3) is 0 Å². The number of nitrogens with zero attached hydrogens (tertiary/aromatic N) is 1. The van der Waals surface area contributed by atoms with E-state index in [2.05, 4.69) is 9.71 Å². The van der Waals surface area contributed by atoms with Gasteiger partial charge in [-0.2, -0.15) is 0 Å². The zero-order chi connectivity index (χ0) is 12.3. The van der Waals surface area contributed by atoms with Gasteiger partial charge in [-0.15, -0.1) is 4.72 Å². The molecule has 0 aliphatic rings. The number of rotatable bonds is 3. The number of aromatic nitrogens is 1. The molecule has 0 amide bonds. The molecule has 1 aromatic heterocycles. The Bertz CT molecular complexity index is 351. The molecule has 0 radical (unpaired) electrons. The fourth-order valence-corrected chi connectivity index (χ4v) is 1.89. The van der Waals surface area contributed by atoms with Crippen molar-refractivity contribution in [2.45, 2.75) is 38.6 Å². The third kappa shape index (κ3) is 3.45. The molecule has 3 N–H and O–H groups in total. The smallest absolute Gasteiger partial charge is 0.137 e. The van der Waals surface area contributed by atoms with Crippen LogP contribution in [0.15, 0.2) is 18.3 Å². The summed E-state index contributed by atoms with van der Waals surface area (Å²) in [5.74, 6) is 0. The van der Waals surface area contributed by atoms with Crippen LogP contribution in [-0.2, 0) is 11.4 Å². The van der Waals surface area contributed by atoms with Gasteiger partial charge in [0.05, 0.1) is 0 Å². The quantitative estimate of drug-likeness (QED) is 0.619. The Morgan fingerprint density at radius 3 is 2.62 bits per heavy atom. The topological polar surface area (TPSA) is 74.0 Å². The fourth-order valence-electron chi connectivity index (χ4n) is 1.18. The maximum atomic E-state index is 11.9. The van der Waals surface area contributed by atoms with Crippen molar-refractivity contribution in [1.82, 2.24) is 9.71 Å². The molecule has 0 fully saturated rings. The number of hydrogen-bond acceptors (Lipinski definition) is 4. The first-order valence-electron chi connectivity index (χ1n) is 5.17. The second-order valence-electron chi connectivity index (χ2n) is 4.65. The number of nitrogens with one attached hydrogen (secondary N) is 1. The Hall–Kier alpha value is -0.620. The van der Waals surface area contributed by atoms with Gasteiger partial charge in [-0.1, -0.05) is 6.07 Å². The minimum atomic E-state index is -1.18. The molecule has 0 aliphatic carbocycles. The van der Waals surface area contributed by atoms with E-state index in [0.29, 0.717) is 0 Å². The SMILES string of the molecule is Cc1ncccc1[C@@H](N)N[S+]([O-])C(C)(C)C. The van der Waals surface area contributed by atoms with Gasteiger partial charge in [0.15, 0.2) is 0 Å². The van der Waals surface area contributed by atoms with Gasteiger partial charge in [-0.3, -0.25) is 4.98 Å². The normalized spacial score (nSPS) is 15.9. The van der Waals surface area contributed by atoms with E-state index in [9.17, 15) is 4.55 Å². The minimum absolute atomic E-state index is 0.326. The average Bonchev–Trinajstić information content (AvgIpc) is 2.16. The summed E-state index contributed by atoms with van der Waals surface area (Å²) in [6.07, 6.45) is 1.26. The molecule has 0 saturated heterocycles. The Morgan fingerprint density at radius 1 is 1.50 bits per heavy atom. The van der Waals surface area contributed by atoms with Crippen LogP contribution in [-0.4, -0.2) is 14.3 Å². The molecule has 0 aliphatic heterocycles. The van der Waals surface area contributed by atoms with Crippen LogP contribution in [0.5, 0.6) is 0 Å². The van der Waals surface area contributed by atoms with E-state index in [1.165, 1.54) is 0 Å². The van der Waals surface area contributed by atoms with Crippen molar-refractivity contribution in [2.75, 3.05) is 0 Å². The molecule has 0 saturated carbocycles. The molecule has 16 heavy (non-hydrogen) atoms. The molecule has 1 unspecified atom stereocenters. The lowest BCUT2D eigenvalue weighted by atomic mass is 10.2. The summed E-state index contributed by atoms with van der Waals surface area (Å²) in [6, 6.07) is 3.71. The zero-order valence-electron chi connectivity index (χ0n) is 10.2. The van der Waals surface area contributed by atoms with Crippen molar-refractivity contribution in [3.05, 3.63) is 29.6 Å². The summed E-state index contributed by atoms with van der Waals surface area (Å²) in [6.45, 7) is 7.59. The second kappa shape index (κ2) is 5.14. The highest BCUT2D eigenvalue weighted by molar-refractivity contribution is 7.90. The fraction of sp³-hybridized carbons (Fsp3) is 0.545. The van der Waals surface area contributed by atoms with Crippen LogP contribution < -0.4 is 10.5 Å². The molecular formula is C11H19N3OS. The van der Waals surface area contributed by atoms with Crippen molar-refractivity contribution in [2.24, 2.45) is 5.73 Å². The molecular weight excluding hydrogens is 222 g/mol. The highest BCUT2D eigenvalue weighted by Gasteiger charge is 2.28. The van der Waals surface area contributed by atoms with Crippen LogP contribution in [0.2, 0.25) is 0 Å². The summed E-state index contributed by atoms with van der Waals surface area (Å²) in [5, 5.41) is 0. The third-order valence-electron chi connectivity index (χ3n) is 2.17. The molecule has 1 rings (SSSR count). The van der Waals surface area contributed by atoms with E-state index in [1.54, 1.807) is 6.20 Å². The Morgan fingerprint density at radius 2 is 2.12 bits per heavy atom. The van der Waals surface area contributed by atoms with E-state index >= 15 is 0 Å². The lowest BCUT2D eigenvalue weighted by Crippen LogP contribution is -2.44. The molecule has 4 nitrogen and oxygen atoms in total. The summed E-state index contributed by atoms with van der Waals surface area (Å²) in [5.41, 5.74) is 7.68. The summed E-state index contributed by atoms with van der Waals surface area (Å²) >= 11 is -1.18. The van der Waals surface area contributed by atoms with E-state index in [1.807, 2.05) is 39.8 Å². The van der Waals surface area contributed by atoms with Crippen LogP contribution >= 0.6 is 0 Å². The van der Waals surface area contributed by atoms with Gasteiger partial charge < -0.3 is 10.3 Å². The van der Waals surface area contributed by atoms with Gasteiger partial charge in [0.1, 0.15) is 10.9 Å². The van der Waals surface area contributed by atoms with Crippen LogP contribution in [0.1, 0.15) is 38.2 Å². The number of aryl methyl sites for hydroxylation is 1. The highest BCUT2D eigenvalue weighted by atomic mass is 32.2. The lowest BCUT2D eigenvalue weighted by Gasteiger charge is -2.26. The van der Waals surface area contributed by atoms with Crippen molar-refractivity contribution in [1.29, 1.82) is 0 Å². The number of hydrogen-bond donors (Lipinski definition) is 2. The predicted octanol–water partition coefficient (Wildman–Crippen LogP) is 1.40. The first-order valence-corrected chi connectivity index (χ1v) is 6.32. The van der Waals surface area contributed by atoms with Crippen LogP contribution in [0, 0.1) is 6.92 Å².